The van der Waals surface area contributed by atoms with Crippen molar-refractivity contribution in [2.45, 2.75) is 20.8 Å². The summed E-state index contributed by atoms with van der Waals surface area (Å²) in [5, 5.41) is 9.02. The molecule has 1 N–H and O–H groups in total. The van der Waals surface area contributed by atoms with Crippen LogP contribution in [0.5, 0.6) is 0 Å². The molecule has 108 valence electrons. The Labute approximate surface area is 129 Å². The number of hydrogen-bond donors (Lipinski definition) is 1. The zero-order valence-corrected chi connectivity index (χ0v) is 13.5. The molecule has 0 saturated heterocycles. The van der Waals surface area contributed by atoms with Gasteiger partial charge in [0.2, 0.25) is 0 Å². The molecule has 1 aromatic rings. The largest absolute Gasteiger partial charge is 0.478 e. The lowest BCUT2D eigenvalue weighted by atomic mass is 10.2. The van der Waals surface area contributed by atoms with Gasteiger partial charge < -0.3 is 10.0 Å². The number of carbonyl (C=O) groups is 1. The van der Waals surface area contributed by atoms with E-state index in [4.69, 9.17) is 39.9 Å². The van der Waals surface area contributed by atoms with Gasteiger partial charge in [-0.3, -0.25) is 0 Å². The van der Waals surface area contributed by atoms with Crippen molar-refractivity contribution in [3.63, 3.8) is 0 Å². The molecule has 0 amide bonds. The molecule has 0 atom stereocenters. The molecule has 0 fully saturated rings. The van der Waals surface area contributed by atoms with Crippen molar-refractivity contribution in [3.05, 3.63) is 32.8 Å². The number of benzene rings is 1. The monoisotopic (exact) mass is 325 g/mol. The van der Waals surface area contributed by atoms with E-state index in [-0.39, 0.29) is 15.6 Å². The maximum absolute atomic E-state index is 10.5. The number of hydrogen-bond acceptors (Lipinski definition) is 2. The predicted octanol–water partition coefficient (Wildman–Crippen LogP) is 4.69. The van der Waals surface area contributed by atoms with Crippen LogP contribution in [0.15, 0.2) is 12.1 Å². The van der Waals surface area contributed by atoms with Gasteiger partial charge >= 0.3 is 5.97 Å². The average Bonchev–Trinajstić information content (AvgIpc) is 2.30. The molecule has 19 heavy (non-hydrogen) atoms. The van der Waals surface area contributed by atoms with E-state index in [1.165, 1.54) is 31.8 Å². The minimum atomic E-state index is -1.17. The first-order valence-corrected chi connectivity index (χ1v) is 7.10. The van der Waals surface area contributed by atoms with E-state index in [0.717, 1.165) is 0 Å². The summed E-state index contributed by atoms with van der Waals surface area (Å²) >= 11 is 16.7. The molecule has 6 heteroatoms. The first-order valence-electron chi connectivity index (χ1n) is 5.97. The van der Waals surface area contributed by atoms with Crippen LogP contribution in [0, 0.1) is 0 Å². The Hall–Kier alpha value is -0.480. The van der Waals surface area contributed by atoms with Gasteiger partial charge in [0.25, 0.3) is 0 Å². The van der Waals surface area contributed by atoms with E-state index in [2.05, 4.69) is 25.7 Å². The fourth-order valence-electron chi connectivity index (χ4n) is 1.42. The third kappa shape index (κ3) is 6.48. The maximum atomic E-state index is 10.5. The number of rotatable bonds is 4. The van der Waals surface area contributed by atoms with Crippen molar-refractivity contribution >= 4 is 40.8 Å². The lowest BCUT2D eigenvalue weighted by Crippen LogP contribution is -2.21. The zero-order chi connectivity index (χ0) is 15.0. The predicted molar refractivity (Wildman–Crippen MR) is 81.9 cm³/mol. The van der Waals surface area contributed by atoms with Crippen LogP contribution in [-0.4, -0.2) is 35.6 Å². The lowest BCUT2D eigenvalue weighted by Gasteiger charge is -2.13. The number of carboxylic acid groups (broad SMARTS) is 1. The van der Waals surface area contributed by atoms with E-state index in [1.54, 1.807) is 0 Å². The van der Waals surface area contributed by atoms with Gasteiger partial charge in [-0.2, -0.15) is 0 Å². The van der Waals surface area contributed by atoms with Gasteiger partial charge in [-0.05, 0) is 31.8 Å². The molecule has 0 radical (unpaired) electrons. The van der Waals surface area contributed by atoms with Gasteiger partial charge in [0, 0.05) is 5.02 Å². The lowest BCUT2D eigenvalue weighted by molar-refractivity contribution is 0.0697. The van der Waals surface area contributed by atoms with Crippen LogP contribution >= 0.6 is 34.8 Å². The number of carboxylic acids is 1. The van der Waals surface area contributed by atoms with Crippen molar-refractivity contribution in [1.29, 1.82) is 0 Å². The summed E-state index contributed by atoms with van der Waals surface area (Å²) in [7, 11) is 0. The van der Waals surface area contributed by atoms with Crippen molar-refractivity contribution in [2.24, 2.45) is 0 Å². The van der Waals surface area contributed by atoms with Crippen LogP contribution in [-0.2, 0) is 0 Å². The first kappa shape index (κ1) is 18.5. The summed E-state index contributed by atoms with van der Waals surface area (Å²) in [5.41, 5.74) is -0.122. The van der Waals surface area contributed by atoms with Crippen LogP contribution in [0.25, 0.3) is 0 Å². The van der Waals surface area contributed by atoms with Gasteiger partial charge in [0.05, 0.1) is 15.6 Å². The van der Waals surface area contributed by atoms with E-state index in [1.807, 2.05) is 0 Å². The quantitative estimate of drug-likeness (QED) is 0.872. The minimum absolute atomic E-state index is 0.0417. The Balaban J connectivity index is 0.000000399. The number of halogens is 3. The summed E-state index contributed by atoms with van der Waals surface area (Å²) in [4.78, 5) is 12.9. The molecular formula is C13H18Cl3NO2. The highest BCUT2D eigenvalue weighted by Crippen LogP contribution is 2.28. The van der Waals surface area contributed by atoms with Gasteiger partial charge in [-0.1, -0.05) is 55.6 Å². The van der Waals surface area contributed by atoms with Gasteiger partial charge in [-0.15, -0.1) is 0 Å². The van der Waals surface area contributed by atoms with E-state index >= 15 is 0 Å². The van der Waals surface area contributed by atoms with Crippen LogP contribution in [0.1, 0.15) is 31.1 Å². The average molecular weight is 327 g/mol. The number of nitrogens with zero attached hydrogens (tertiary/aromatic N) is 1. The van der Waals surface area contributed by atoms with E-state index in [0.29, 0.717) is 5.02 Å². The standard InChI is InChI=1S/C7H3Cl3O2.C6H15N/c8-3-1-4(9)6(7(11)12)5(10)2-3;1-4-7(5-2)6-3/h1-2H,(H,11,12);4-6H2,1-3H3. The second-order valence-corrected chi connectivity index (χ2v) is 4.92. The van der Waals surface area contributed by atoms with E-state index in [9.17, 15) is 4.79 Å². The van der Waals surface area contributed by atoms with Gasteiger partial charge in [0.1, 0.15) is 0 Å². The fourth-order valence-corrected chi connectivity index (χ4v) is 2.40. The Morgan fingerprint density at radius 1 is 1.05 bits per heavy atom. The third-order valence-electron chi connectivity index (χ3n) is 2.56. The van der Waals surface area contributed by atoms with Crippen molar-refractivity contribution in [1.82, 2.24) is 4.90 Å². The Morgan fingerprint density at radius 3 is 1.63 bits per heavy atom. The fraction of sp³-hybridized carbons (Fsp3) is 0.462. The van der Waals surface area contributed by atoms with Crippen molar-refractivity contribution in [3.8, 4) is 0 Å². The van der Waals surface area contributed by atoms with Crippen molar-refractivity contribution < 1.29 is 9.90 Å². The summed E-state index contributed by atoms with van der Waals surface area (Å²) in [6, 6.07) is 2.66. The smallest absolute Gasteiger partial charge is 0.338 e. The van der Waals surface area contributed by atoms with Crippen LogP contribution in [0.4, 0.5) is 0 Å². The highest BCUT2D eigenvalue weighted by molar-refractivity contribution is 6.41. The summed E-state index contributed by atoms with van der Waals surface area (Å²) < 4.78 is 0. The molecular weight excluding hydrogens is 309 g/mol. The molecule has 0 aliphatic rings. The second kappa shape index (κ2) is 9.43. The molecule has 0 saturated carbocycles. The van der Waals surface area contributed by atoms with E-state index < -0.39 is 5.97 Å². The van der Waals surface area contributed by atoms with Gasteiger partial charge in [-0.25, -0.2) is 4.79 Å². The molecule has 1 aromatic carbocycles. The molecule has 3 nitrogen and oxygen atoms in total. The number of aromatic carboxylic acids is 1. The topological polar surface area (TPSA) is 40.5 Å². The molecule has 1 rings (SSSR count). The summed E-state index contributed by atoms with van der Waals surface area (Å²) in [6.45, 7) is 10.1. The SMILES string of the molecule is CCN(CC)CC.O=C(O)c1c(Cl)cc(Cl)cc1Cl. The molecule has 0 spiro atoms. The second-order valence-electron chi connectivity index (χ2n) is 3.67. The van der Waals surface area contributed by atoms with Gasteiger partial charge in [0.15, 0.2) is 0 Å². The molecule has 0 aliphatic heterocycles. The molecule has 0 heterocycles. The first-order chi connectivity index (χ1) is 8.87. The Bertz CT molecular complexity index is 392. The Kier molecular flexibility index (Phi) is 9.19. The van der Waals surface area contributed by atoms with Crippen LogP contribution in [0.2, 0.25) is 15.1 Å². The van der Waals surface area contributed by atoms with Crippen molar-refractivity contribution in [2.75, 3.05) is 19.6 Å². The zero-order valence-electron chi connectivity index (χ0n) is 11.2. The molecule has 0 aromatic heterocycles. The molecule has 0 aliphatic carbocycles. The summed E-state index contributed by atoms with van der Waals surface area (Å²) in [6.07, 6.45) is 0. The minimum Gasteiger partial charge on any atom is -0.478 e. The maximum Gasteiger partial charge on any atom is 0.338 e. The van der Waals surface area contributed by atoms with Crippen LogP contribution in [0.3, 0.4) is 0 Å². The summed E-state index contributed by atoms with van der Waals surface area (Å²) in [5.74, 6) is -1.17. The normalized spacial score (nSPS) is 10.1. The highest BCUT2D eigenvalue weighted by atomic mass is 35.5. The third-order valence-corrected chi connectivity index (χ3v) is 3.38. The van der Waals surface area contributed by atoms with Crippen LogP contribution < -0.4 is 0 Å². The Morgan fingerprint density at radius 2 is 1.42 bits per heavy atom. The molecule has 0 bridgehead atoms. The molecule has 0 unspecified atom stereocenters. The highest BCUT2D eigenvalue weighted by Gasteiger charge is 2.13.